The van der Waals surface area contributed by atoms with Crippen LogP contribution in [0.5, 0.6) is 11.5 Å². The summed E-state index contributed by atoms with van der Waals surface area (Å²) in [5.41, 5.74) is 4.82. The molecule has 0 saturated heterocycles. The molecule has 2 aromatic carbocycles. The molecule has 0 bridgehead atoms. The molecule has 32 heavy (non-hydrogen) atoms. The summed E-state index contributed by atoms with van der Waals surface area (Å²) in [6, 6.07) is 13.6. The number of ketones is 1. The molecule has 2 heterocycles. The van der Waals surface area contributed by atoms with Gasteiger partial charge in [-0.2, -0.15) is 4.68 Å². The van der Waals surface area contributed by atoms with Crippen LogP contribution in [0.4, 0.5) is 5.95 Å². The van der Waals surface area contributed by atoms with Crippen molar-refractivity contribution in [3.8, 4) is 11.5 Å². The second-order valence-corrected chi connectivity index (χ2v) is 8.06. The molecular formula is C24H25N5O3. The van der Waals surface area contributed by atoms with Gasteiger partial charge in [0.15, 0.2) is 17.3 Å². The van der Waals surface area contributed by atoms with Crippen LogP contribution in [0.15, 0.2) is 53.7 Å². The summed E-state index contributed by atoms with van der Waals surface area (Å²) in [6.45, 7) is 4.94. The average molecular weight is 431 g/mol. The number of carbonyl (C=O) groups excluding carboxylic acids is 1. The number of carbonyl (C=O) groups is 1. The second kappa shape index (κ2) is 8.45. The van der Waals surface area contributed by atoms with Crippen molar-refractivity contribution in [3.05, 3.63) is 70.4 Å². The lowest BCUT2D eigenvalue weighted by molar-refractivity contribution is -0.116. The van der Waals surface area contributed by atoms with Gasteiger partial charge in [-0.3, -0.25) is 4.79 Å². The monoisotopic (exact) mass is 431 g/mol. The number of fused-ring (bicyclic) bond motifs is 1. The fraction of sp³-hybridized carbons (Fsp3) is 0.333. The van der Waals surface area contributed by atoms with Crippen molar-refractivity contribution in [1.82, 2.24) is 20.2 Å². The first-order valence-corrected chi connectivity index (χ1v) is 10.9. The standard InChI is InChI=1S/C24H25N5O3/c1-3-31-21-13-17(11-12-20(21)32-14-16-9-7-15(2)8-10-16)23-22-18(5-4-6-19(22)30)25-24-26-27-28-29(23)24/h7-13,23H,3-6,14H2,1-2H3,(H,25,26,28). The molecule has 3 aromatic rings. The lowest BCUT2D eigenvalue weighted by atomic mass is 9.85. The molecule has 0 amide bonds. The summed E-state index contributed by atoms with van der Waals surface area (Å²) < 4.78 is 13.6. The number of nitrogens with zero attached hydrogens (tertiary/aromatic N) is 4. The highest BCUT2D eigenvalue weighted by molar-refractivity contribution is 5.99. The third-order valence-corrected chi connectivity index (χ3v) is 5.83. The summed E-state index contributed by atoms with van der Waals surface area (Å²) in [6.07, 6.45) is 2.17. The Kier molecular flexibility index (Phi) is 5.34. The van der Waals surface area contributed by atoms with Crippen LogP contribution in [-0.2, 0) is 11.4 Å². The van der Waals surface area contributed by atoms with Gasteiger partial charge in [-0.05, 0) is 60.4 Å². The number of aromatic nitrogens is 4. The molecule has 8 nitrogen and oxygen atoms in total. The van der Waals surface area contributed by atoms with Gasteiger partial charge in [0.2, 0.25) is 5.95 Å². The molecular weight excluding hydrogens is 406 g/mol. The van der Waals surface area contributed by atoms with Gasteiger partial charge in [0.05, 0.1) is 6.61 Å². The lowest BCUT2D eigenvalue weighted by Gasteiger charge is -2.31. The zero-order valence-electron chi connectivity index (χ0n) is 18.2. The number of aryl methyl sites for hydroxylation is 1. The molecule has 1 N–H and O–H groups in total. The number of tetrazole rings is 1. The van der Waals surface area contributed by atoms with Gasteiger partial charge in [0, 0.05) is 17.7 Å². The van der Waals surface area contributed by atoms with E-state index in [1.54, 1.807) is 4.68 Å². The molecule has 0 radical (unpaired) electrons. The number of Topliss-reactive ketones (excluding diaryl/α,β-unsaturated/α-hetero) is 1. The Hall–Kier alpha value is -3.68. The SMILES string of the molecule is CCOc1cc(C2C3=C(CCCC3=O)Nc3nnnn32)ccc1OCc1ccc(C)cc1. The van der Waals surface area contributed by atoms with E-state index in [0.29, 0.717) is 37.1 Å². The van der Waals surface area contributed by atoms with Crippen LogP contribution < -0.4 is 14.8 Å². The summed E-state index contributed by atoms with van der Waals surface area (Å²) in [7, 11) is 0. The third kappa shape index (κ3) is 3.72. The average Bonchev–Trinajstić information content (AvgIpc) is 3.26. The predicted molar refractivity (Wildman–Crippen MR) is 119 cm³/mol. The topological polar surface area (TPSA) is 91.2 Å². The van der Waals surface area contributed by atoms with E-state index < -0.39 is 6.04 Å². The summed E-state index contributed by atoms with van der Waals surface area (Å²) in [4.78, 5) is 12.9. The Labute approximate surface area is 186 Å². The van der Waals surface area contributed by atoms with Crippen LogP contribution in [0.2, 0.25) is 0 Å². The smallest absolute Gasteiger partial charge is 0.248 e. The second-order valence-electron chi connectivity index (χ2n) is 8.06. The van der Waals surface area contributed by atoms with Crippen LogP contribution in [0.25, 0.3) is 0 Å². The molecule has 1 unspecified atom stereocenters. The molecule has 1 aromatic heterocycles. The zero-order valence-corrected chi connectivity index (χ0v) is 18.2. The van der Waals surface area contributed by atoms with Crippen molar-refractivity contribution in [1.29, 1.82) is 0 Å². The van der Waals surface area contributed by atoms with Gasteiger partial charge in [-0.25, -0.2) is 0 Å². The Morgan fingerprint density at radius 2 is 1.94 bits per heavy atom. The van der Waals surface area contributed by atoms with Crippen molar-refractivity contribution in [3.63, 3.8) is 0 Å². The minimum Gasteiger partial charge on any atom is -0.490 e. The first kappa shape index (κ1) is 20.2. The van der Waals surface area contributed by atoms with E-state index in [1.165, 1.54) is 5.56 Å². The highest BCUT2D eigenvalue weighted by atomic mass is 16.5. The molecule has 1 atom stereocenters. The highest BCUT2D eigenvalue weighted by Gasteiger charge is 2.37. The number of hydrogen-bond acceptors (Lipinski definition) is 7. The van der Waals surface area contributed by atoms with Gasteiger partial charge >= 0.3 is 0 Å². The first-order chi connectivity index (χ1) is 15.6. The minimum atomic E-state index is -0.394. The van der Waals surface area contributed by atoms with Gasteiger partial charge in [-0.15, -0.1) is 0 Å². The fourth-order valence-corrected chi connectivity index (χ4v) is 4.25. The number of nitrogens with one attached hydrogen (secondary N) is 1. The van der Waals surface area contributed by atoms with Gasteiger partial charge < -0.3 is 14.8 Å². The normalized spacial score (nSPS) is 17.4. The predicted octanol–water partition coefficient (Wildman–Crippen LogP) is 3.98. The van der Waals surface area contributed by atoms with E-state index in [9.17, 15) is 4.79 Å². The largest absolute Gasteiger partial charge is 0.490 e. The Morgan fingerprint density at radius 1 is 1.09 bits per heavy atom. The number of ether oxygens (including phenoxy) is 2. The lowest BCUT2D eigenvalue weighted by Crippen LogP contribution is -2.31. The maximum atomic E-state index is 12.9. The highest BCUT2D eigenvalue weighted by Crippen LogP contribution is 2.41. The van der Waals surface area contributed by atoms with E-state index >= 15 is 0 Å². The van der Waals surface area contributed by atoms with Crippen molar-refractivity contribution in [2.24, 2.45) is 0 Å². The number of rotatable bonds is 6. The fourth-order valence-electron chi connectivity index (χ4n) is 4.25. The van der Waals surface area contributed by atoms with Gasteiger partial charge in [0.1, 0.15) is 12.6 Å². The summed E-state index contributed by atoms with van der Waals surface area (Å²) >= 11 is 0. The Morgan fingerprint density at radius 3 is 2.75 bits per heavy atom. The van der Waals surface area contributed by atoms with Gasteiger partial charge in [-0.1, -0.05) is 41.0 Å². The summed E-state index contributed by atoms with van der Waals surface area (Å²) in [5, 5.41) is 15.3. The third-order valence-electron chi connectivity index (χ3n) is 5.83. The molecule has 2 aliphatic rings. The minimum absolute atomic E-state index is 0.127. The quantitative estimate of drug-likeness (QED) is 0.631. The molecule has 1 aliphatic heterocycles. The molecule has 8 heteroatoms. The van der Waals surface area contributed by atoms with Gasteiger partial charge in [0.25, 0.3) is 0 Å². The number of hydrogen-bond donors (Lipinski definition) is 1. The summed E-state index contributed by atoms with van der Waals surface area (Å²) in [5.74, 6) is 1.96. The van der Waals surface area contributed by atoms with Crippen molar-refractivity contribution < 1.29 is 14.3 Å². The van der Waals surface area contributed by atoms with E-state index in [2.05, 4.69) is 52.0 Å². The van der Waals surface area contributed by atoms with Crippen molar-refractivity contribution in [2.75, 3.05) is 11.9 Å². The molecule has 1 aliphatic carbocycles. The Bertz CT molecular complexity index is 1180. The number of allylic oxidation sites excluding steroid dienone is 2. The van der Waals surface area contributed by atoms with Crippen LogP contribution >= 0.6 is 0 Å². The maximum absolute atomic E-state index is 12.9. The van der Waals surface area contributed by atoms with Crippen LogP contribution in [0.3, 0.4) is 0 Å². The first-order valence-electron chi connectivity index (χ1n) is 10.9. The maximum Gasteiger partial charge on any atom is 0.248 e. The van der Waals surface area contributed by atoms with E-state index in [1.807, 2.05) is 25.1 Å². The van der Waals surface area contributed by atoms with Crippen LogP contribution in [0, 0.1) is 6.92 Å². The van der Waals surface area contributed by atoms with Crippen LogP contribution in [0.1, 0.15) is 48.9 Å². The molecule has 0 spiro atoms. The molecule has 0 fully saturated rings. The Balaban J connectivity index is 1.49. The number of anilines is 1. The molecule has 164 valence electrons. The van der Waals surface area contributed by atoms with E-state index in [4.69, 9.17) is 9.47 Å². The number of benzene rings is 2. The van der Waals surface area contributed by atoms with Crippen molar-refractivity contribution in [2.45, 2.75) is 45.8 Å². The van der Waals surface area contributed by atoms with Crippen molar-refractivity contribution >= 4 is 11.7 Å². The molecule has 0 saturated carbocycles. The molecule has 5 rings (SSSR count). The van der Waals surface area contributed by atoms with E-state index in [-0.39, 0.29) is 5.78 Å². The van der Waals surface area contributed by atoms with Crippen LogP contribution in [-0.4, -0.2) is 32.6 Å². The van der Waals surface area contributed by atoms with E-state index in [0.717, 1.165) is 35.2 Å². The zero-order chi connectivity index (χ0) is 22.1.